The van der Waals surface area contributed by atoms with Gasteiger partial charge in [-0.15, -0.1) is 0 Å². The second-order valence-corrected chi connectivity index (χ2v) is 5.24. The van der Waals surface area contributed by atoms with Crippen molar-refractivity contribution in [2.75, 3.05) is 23.7 Å². The van der Waals surface area contributed by atoms with E-state index >= 15 is 0 Å². The Balaban J connectivity index is 2.23. The van der Waals surface area contributed by atoms with E-state index in [-0.39, 0.29) is 0 Å². The maximum atomic E-state index is 6.05. The fraction of sp³-hybridized carbons (Fsp3) is 0.538. The van der Waals surface area contributed by atoms with Gasteiger partial charge in [-0.25, -0.2) is 0 Å². The van der Waals surface area contributed by atoms with Crippen molar-refractivity contribution in [1.82, 2.24) is 0 Å². The summed E-state index contributed by atoms with van der Waals surface area (Å²) in [6.07, 6.45) is 2.50. The summed E-state index contributed by atoms with van der Waals surface area (Å²) < 4.78 is 0. The lowest BCUT2D eigenvalue weighted by molar-refractivity contribution is 0.438. The van der Waals surface area contributed by atoms with Crippen LogP contribution < -0.4 is 10.6 Å². The molecular weight excluding hydrogens is 220 g/mol. The highest BCUT2D eigenvalue weighted by atomic mass is 35.5. The van der Waals surface area contributed by atoms with Crippen molar-refractivity contribution >= 4 is 23.0 Å². The van der Waals surface area contributed by atoms with Gasteiger partial charge in [-0.3, -0.25) is 0 Å². The average Bonchev–Trinajstić information content (AvgIpc) is 2.25. The zero-order valence-corrected chi connectivity index (χ0v) is 10.7. The largest absolute Gasteiger partial charge is 0.397 e. The monoisotopic (exact) mass is 238 g/mol. The van der Waals surface area contributed by atoms with E-state index in [2.05, 4.69) is 17.9 Å². The van der Waals surface area contributed by atoms with Gasteiger partial charge in [0, 0.05) is 18.1 Å². The van der Waals surface area contributed by atoms with Crippen molar-refractivity contribution in [2.45, 2.75) is 26.7 Å². The lowest BCUT2D eigenvalue weighted by atomic mass is 9.98. The molecule has 1 aliphatic heterocycles. The van der Waals surface area contributed by atoms with Crippen LogP contribution in [-0.4, -0.2) is 13.1 Å². The normalized spacial score (nSPS) is 17.8. The molecule has 1 saturated heterocycles. The Morgan fingerprint density at radius 1 is 1.31 bits per heavy atom. The molecule has 0 aliphatic carbocycles. The van der Waals surface area contributed by atoms with E-state index in [9.17, 15) is 0 Å². The number of nitrogens with two attached hydrogens (primary N) is 1. The van der Waals surface area contributed by atoms with Crippen LogP contribution in [-0.2, 0) is 0 Å². The van der Waals surface area contributed by atoms with Crippen LogP contribution >= 0.6 is 11.6 Å². The van der Waals surface area contributed by atoms with Crippen LogP contribution in [0.2, 0.25) is 5.02 Å². The van der Waals surface area contributed by atoms with E-state index in [1.54, 1.807) is 0 Å². The number of rotatable bonds is 1. The van der Waals surface area contributed by atoms with Crippen LogP contribution in [0.1, 0.15) is 25.3 Å². The second kappa shape index (κ2) is 4.54. The lowest BCUT2D eigenvalue weighted by Gasteiger charge is -2.33. The molecule has 88 valence electrons. The third-order valence-electron chi connectivity index (χ3n) is 3.43. The number of benzene rings is 1. The van der Waals surface area contributed by atoms with Crippen LogP contribution in [0.15, 0.2) is 12.1 Å². The first-order valence-corrected chi connectivity index (χ1v) is 6.26. The Kier molecular flexibility index (Phi) is 3.29. The van der Waals surface area contributed by atoms with Crippen molar-refractivity contribution in [3.8, 4) is 0 Å². The van der Waals surface area contributed by atoms with Gasteiger partial charge in [0.2, 0.25) is 0 Å². The first kappa shape index (κ1) is 11.6. The van der Waals surface area contributed by atoms with E-state index in [4.69, 9.17) is 17.3 Å². The predicted octanol–water partition coefficient (Wildman–Crippen LogP) is 3.47. The van der Waals surface area contributed by atoms with E-state index in [1.807, 2.05) is 13.0 Å². The van der Waals surface area contributed by atoms with Crippen molar-refractivity contribution in [1.29, 1.82) is 0 Å². The summed E-state index contributed by atoms with van der Waals surface area (Å²) in [6.45, 7) is 6.55. The van der Waals surface area contributed by atoms with Gasteiger partial charge in [0.25, 0.3) is 0 Å². The lowest BCUT2D eigenvalue weighted by Crippen LogP contribution is -2.33. The average molecular weight is 239 g/mol. The minimum Gasteiger partial charge on any atom is -0.397 e. The second-order valence-electron chi connectivity index (χ2n) is 4.83. The molecule has 16 heavy (non-hydrogen) atoms. The molecule has 1 heterocycles. The summed E-state index contributed by atoms with van der Waals surface area (Å²) in [6, 6.07) is 3.97. The molecule has 1 aromatic rings. The zero-order valence-electron chi connectivity index (χ0n) is 9.96. The molecular formula is C13H19ClN2. The van der Waals surface area contributed by atoms with Crippen LogP contribution in [0.4, 0.5) is 11.4 Å². The molecule has 0 spiro atoms. The molecule has 0 unspecified atom stereocenters. The quantitative estimate of drug-likeness (QED) is 0.760. The standard InChI is InChI=1S/C13H19ClN2/c1-9-3-5-16(6-4-9)13-7-10(2)11(14)8-12(13)15/h7-9H,3-6,15H2,1-2H3. The maximum Gasteiger partial charge on any atom is 0.0603 e. The van der Waals surface area contributed by atoms with E-state index in [1.165, 1.54) is 12.8 Å². The van der Waals surface area contributed by atoms with Gasteiger partial charge < -0.3 is 10.6 Å². The number of aryl methyl sites for hydroxylation is 1. The number of nitrogens with zero attached hydrogens (tertiary/aromatic N) is 1. The summed E-state index contributed by atoms with van der Waals surface area (Å²) in [5.74, 6) is 0.839. The van der Waals surface area contributed by atoms with Crippen molar-refractivity contribution < 1.29 is 0 Å². The van der Waals surface area contributed by atoms with Crippen molar-refractivity contribution in [2.24, 2.45) is 5.92 Å². The third-order valence-corrected chi connectivity index (χ3v) is 3.84. The van der Waals surface area contributed by atoms with Gasteiger partial charge in [-0.1, -0.05) is 18.5 Å². The first-order chi connectivity index (χ1) is 7.58. The van der Waals surface area contributed by atoms with Crippen LogP contribution in [0.3, 0.4) is 0 Å². The van der Waals surface area contributed by atoms with Gasteiger partial charge in [-0.2, -0.15) is 0 Å². The summed E-state index contributed by atoms with van der Waals surface area (Å²) >= 11 is 6.05. The number of nitrogen functional groups attached to an aromatic ring is 1. The highest BCUT2D eigenvalue weighted by Crippen LogP contribution is 2.32. The van der Waals surface area contributed by atoms with Crippen molar-refractivity contribution in [3.63, 3.8) is 0 Å². The van der Waals surface area contributed by atoms with Gasteiger partial charge >= 0.3 is 0 Å². The zero-order chi connectivity index (χ0) is 11.7. The smallest absolute Gasteiger partial charge is 0.0603 e. The molecule has 1 aromatic carbocycles. The van der Waals surface area contributed by atoms with Gasteiger partial charge in [0.15, 0.2) is 0 Å². The Labute approximate surface area is 102 Å². The number of hydrogen-bond acceptors (Lipinski definition) is 2. The Morgan fingerprint density at radius 2 is 1.94 bits per heavy atom. The maximum absolute atomic E-state index is 6.05. The fourth-order valence-corrected chi connectivity index (χ4v) is 2.38. The van der Waals surface area contributed by atoms with Crippen LogP contribution in [0.25, 0.3) is 0 Å². The van der Waals surface area contributed by atoms with Crippen molar-refractivity contribution in [3.05, 3.63) is 22.7 Å². The molecule has 0 radical (unpaired) electrons. The number of hydrogen-bond donors (Lipinski definition) is 1. The number of piperidine rings is 1. The summed E-state index contributed by atoms with van der Waals surface area (Å²) in [7, 11) is 0. The van der Waals surface area contributed by atoms with Gasteiger partial charge in [0.05, 0.1) is 11.4 Å². The molecule has 0 amide bonds. The predicted molar refractivity (Wildman–Crippen MR) is 71.2 cm³/mol. The van der Waals surface area contributed by atoms with E-state index in [0.717, 1.165) is 41.0 Å². The fourth-order valence-electron chi connectivity index (χ4n) is 2.21. The topological polar surface area (TPSA) is 29.3 Å². The Bertz CT molecular complexity index is 382. The molecule has 1 aliphatic rings. The minimum atomic E-state index is 0.756. The SMILES string of the molecule is Cc1cc(N2CCC(C)CC2)c(N)cc1Cl. The van der Waals surface area contributed by atoms with Crippen LogP contribution in [0, 0.1) is 12.8 Å². The first-order valence-electron chi connectivity index (χ1n) is 5.88. The molecule has 2 nitrogen and oxygen atoms in total. The summed E-state index contributed by atoms with van der Waals surface area (Å²) in [5.41, 5.74) is 9.07. The molecule has 0 atom stereocenters. The Hall–Kier alpha value is -0.890. The molecule has 2 rings (SSSR count). The highest BCUT2D eigenvalue weighted by Gasteiger charge is 2.18. The van der Waals surface area contributed by atoms with E-state index < -0.39 is 0 Å². The highest BCUT2D eigenvalue weighted by molar-refractivity contribution is 6.31. The molecule has 3 heteroatoms. The van der Waals surface area contributed by atoms with E-state index in [0.29, 0.717) is 0 Å². The van der Waals surface area contributed by atoms with Gasteiger partial charge in [0.1, 0.15) is 0 Å². The molecule has 2 N–H and O–H groups in total. The third kappa shape index (κ3) is 2.27. The molecule has 0 saturated carbocycles. The molecule has 0 bridgehead atoms. The summed E-state index contributed by atoms with van der Waals surface area (Å²) in [5, 5.41) is 0.756. The minimum absolute atomic E-state index is 0.756. The summed E-state index contributed by atoms with van der Waals surface area (Å²) in [4.78, 5) is 2.37. The molecule has 0 aromatic heterocycles. The van der Waals surface area contributed by atoms with Crippen LogP contribution in [0.5, 0.6) is 0 Å². The van der Waals surface area contributed by atoms with Gasteiger partial charge in [-0.05, 0) is 43.4 Å². The molecule has 1 fully saturated rings. The number of anilines is 2. The Morgan fingerprint density at radius 3 is 2.56 bits per heavy atom. The number of halogens is 1.